The number of fused-ring (bicyclic) bond motifs is 1. The van der Waals surface area contributed by atoms with Crippen molar-refractivity contribution in [2.24, 2.45) is 11.8 Å². The Kier molecular flexibility index (Phi) is 7.08. The number of likely N-dealkylation sites (N-methyl/N-ethyl adjacent to an activating group) is 1. The van der Waals surface area contributed by atoms with Gasteiger partial charge in [0, 0.05) is 36.7 Å². The molecule has 8 nitrogen and oxygen atoms in total. The topological polar surface area (TPSA) is 113 Å². The van der Waals surface area contributed by atoms with Crippen LogP contribution in [0, 0.1) is 11.8 Å². The van der Waals surface area contributed by atoms with Crippen molar-refractivity contribution in [2.45, 2.75) is 43.7 Å². The van der Waals surface area contributed by atoms with Gasteiger partial charge in [-0.05, 0) is 13.3 Å². The standard InChI is InChI=1S/C17H25N3O5S.Na/c1-7-12-11(8(2)21)16(23)20(12)13(17(24)25)14(7)26-9-5-10(18-6-9)15(22)19(3)4;/h7-12,18,21H,5-6H2,1-4H3,(H,24,25);/q;+1/p-1/t7-,8-,9+,10+,11-,12+;/m1./s1. The second-order valence-electron chi connectivity index (χ2n) is 7.42. The number of carboxylic acids is 1. The van der Waals surface area contributed by atoms with Gasteiger partial charge in [0.15, 0.2) is 0 Å². The minimum absolute atomic E-state index is 0. The van der Waals surface area contributed by atoms with Gasteiger partial charge in [0.25, 0.3) is 0 Å². The normalized spacial score (nSPS) is 33.3. The molecule has 0 aromatic rings. The fourth-order valence-corrected chi connectivity index (χ4v) is 5.62. The zero-order valence-electron chi connectivity index (χ0n) is 16.3. The Morgan fingerprint density at radius 1 is 1.41 bits per heavy atom. The number of hydrogen-bond acceptors (Lipinski definition) is 7. The third-order valence-corrected chi connectivity index (χ3v) is 6.94. The van der Waals surface area contributed by atoms with Gasteiger partial charge in [0.1, 0.15) is 0 Å². The van der Waals surface area contributed by atoms with Gasteiger partial charge in [-0.2, -0.15) is 0 Å². The van der Waals surface area contributed by atoms with Crippen LogP contribution < -0.4 is 40.0 Å². The Bertz CT molecular complexity index is 683. The summed E-state index contributed by atoms with van der Waals surface area (Å²) in [5.41, 5.74) is -0.0724. The van der Waals surface area contributed by atoms with Gasteiger partial charge in [-0.1, -0.05) is 6.92 Å². The molecule has 144 valence electrons. The second kappa shape index (κ2) is 8.42. The monoisotopic (exact) mass is 405 g/mol. The van der Waals surface area contributed by atoms with Crippen molar-refractivity contribution in [2.75, 3.05) is 20.6 Å². The van der Waals surface area contributed by atoms with Crippen LogP contribution in [0.1, 0.15) is 20.3 Å². The molecule has 27 heavy (non-hydrogen) atoms. The summed E-state index contributed by atoms with van der Waals surface area (Å²) in [4.78, 5) is 39.5. The largest absolute Gasteiger partial charge is 1.00 e. The number of rotatable bonds is 5. The smallest absolute Gasteiger partial charge is 0.543 e. The number of aliphatic carboxylic acids is 1. The summed E-state index contributed by atoms with van der Waals surface area (Å²) in [7, 11) is 3.40. The fraction of sp³-hybridized carbons (Fsp3) is 0.706. The number of amides is 2. The van der Waals surface area contributed by atoms with E-state index in [4.69, 9.17) is 0 Å². The van der Waals surface area contributed by atoms with E-state index in [0.717, 1.165) is 0 Å². The number of hydrogen-bond donors (Lipinski definition) is 2. The average Bonchev–Trinajstić information content (AvgIpc) is 3.09. The first-order chi connectivity index (χ1) is 12.1. The van der Waals surface area contributed by atoms with Crippen LogP contribution >= 0.6 is 11.8 Å². The number of carbonyl (C=O) groups is 3. The van der Waals surface area contributed by atoms with Gasteiger partial charge < -0.3 is 30.1 Å². The number of aliphatic hydroxyl groups is 1. The molecule has 0 aromatic carbocycles. The molecular formula is C17H24N3NaO5S. The van der Waals surface area contributed by atoms with E-state index in [-0.39, 0.29) is 70.3 Å². The van der Waals surface area contributed by atoms with Crippen LogP contribution in [-0.2, 0) is 14.4 Å². The van der Waals surface area contributed by atoms with Gasteiger partial charge in [0.05, 0.1) is 35.8 Å². The first-order valence-corrected chi connectivity index (χ1v) is 9.61. The summed E-state index contributed by atoms with van der Waals surface area (Å²) in [6.07, 6.45) is -0.231. The molecule has 6 atom stereocenters. The zero-order valence-corrected chi connectivity index (χ0v) is 19.1. The number of carboxylic acid groups (broad SMARTS) is 1. The van der Waals surface area contributed by atoms with Crippen molar-refractivity contribution in [3.05, 3.63) is 10.6 Å². The van der Waals surface area contributed by atoms with E-state index in [1.54, 1.807) is 21.0 Å². The van der Waals surface area contributed by atoms with Gasteiger partial charge in [-0.3, -0.25) is 9.59 Å². The van der Waals surface area contributed by atoms with E-state index < -0.39 is 18.0 Å². The summed E-state index contributed by atoms with van der Waals surface area (Å²) in [5.74, 6) is -2.51. The van der Waals surface area contributed by atoms with Crippen LogP contribution in [-0.4, -0.2) is 76.8 Å². The minimum atomic E-state index is -1.37. The van der Waals surface area contributed by atoms with E-state index in [9.17, 15) is 24.6 Å². The quantitative estimate of drug-likeness (QED) is 0.349. The molecule has 0 spiro atoms. The Morgan fingerprint density at radius 3 is 2.56 bits per heavy atom. The number of aliphatic hydroxyl groups excluding tert-OH is 1. The Balaban J connectivity index is 0.00000261. The van der Waals surface area contributed by atoms with Crippen molar-refractivity contribution in [3.63, 3.8) is 0 Å². The number of β-lactam (4-membered cyclic amide) rings is 1. The molecule has 0 bridgehead atoms. The van der Waals surface area contributed by atoms with Crippen molar-refractivity contribution in [1.29, 1.82) is 0 Å². The maximum absolute atomic E-state index is 12.3. The van der Waals surface area contributed by atoms with Gasteiger partial charge in [-0.15, -0.1) is 11.8 Å². The Morgan fingerprint density at radius 2 is 2.04 bits per heavy atom. The second-order valence-corrected chi connectivity index (χ2v) is 8.77. The van der Waals surface area contributed by atoms with Gasteiger partial charge >= 0.3 is 29.6 Å². The molecule has 2 amide bonds. The van der Waals surface area contributed by atoms with Crippen molar-refractivity contribution in [3.8, 4) is 0 Å². The molecule has 2 N–H and O–H groups in total. The summed E-state index contributed by atoms with van der Waals surface area (Å²) in [5, 5.41) is 24.8. The molecule has 3 rings (SSSR count). The van der Waals surface area contributed by atoms with E-state index in [1.807, 2.05) is 6.92 Å². The van der Waals surface area contributed by atoms with E-state index in [1.165, 1.54) is 21.6 Å². The maximum Gasteiger partial charge on any atom is 1.00 e. The maximum atomic E-state index is 12.3. The first kappa shape index (κ1) is 22.7. The summed E-state index contributed by atoms with van der Waals surface area (Å²) in [6.45, 7) is 4.02. The number of thioether (sulfide) groups is 1. The minimum Gasteiger partial charge on any atom is -0.543 e. The van der Waals surface area contributed by atoms with Crippen molar-refractivity contribution < 1.29 is 54.2 Å². The molecule has 0 aliphatic carbocycles. The van der Waals surface area contributed by atoms with Crippen LogP contribution in [0.3, 0.4) is 0 Å². The van der Waals surface area contributed by atoms with E-state index >= 15 is 0 Å². The van der Waals surface area contributed by atoms with Crippen LogP contribution in [0.5, 0.6) is 0 Å². The molecule has 0 saturated carbocycles. The van der Waals surface area contributed by atoms with Crippen molar-refractivity contribution in [1.82, 2.24) is 15.1 Å². The third-order valence-electron chi connectivity index (χ3n) is 5.42. The molecule has 3 heterocycles. The molecule has 2 fully saturated rings. The Labute approximate surface area is 185 Å². The first-order valence-electron chi connectivity index (χ1n) is 8.73. The number of carbonyl (C=O) groups excluding carboxylic acids is 3. The predicted octanol–water partition coefficient (Wildman–Crippen LogP) is -4.64. The summed E-state index contributed by atoms with van der Waals surface area (Å²) in [6, 6.07) is -0.624. The molecule has 2 saturated heterocycles. The van der Waals surface area contributed by atoms with E-state index in [0.29, 0.717) is 17.9 Å². The van der Waals surface area contributed by atoms with Crippen LogP contribution in [0.4, 0.5) is 0 Å². The van der Waals surface area contributed by atoms with Crippen LogP contribution in [0.2, 0.25) is 0 Å². The van der Waals surface area contributed by atoms with Crippen molar-refractivity contribution >= 4 is 29.5 Å². The molecular weight excluding hydrogens is 381 g/mol. The van der Waals surface area contributed by atoms with Crippen LogP contribution in [0.15, 0.2) is 10.6 Å². The fourth-order valence-electron chi connectivity index (χ4n) is 4.14. The zero-order chi connectivity index (χ0) is 19.3. The third kappa shape index (κ3) is 3.82. The molecule has 3 aliphatic rings. The molecule has 3 aliphatic heterocycles. The summed E-state index contributed by atoms with van der Waals surface area (Å²) >= 11 is 1.41. The average molecular weight is 405 g/mol. The number of nitrogens with one attached hydrogen (secondary N) is 1. The van der Waals surface area contributed by atoms with Crippen LogP contribution in [0.25, 0.3) is 0 Å². The SMILES string of the molecule is C[C@@H](O)[C@H]1C(=O)N2C(C(=O)[O-])=C(S[C@@H]3CN[C@H](C(=O)N(C)C)C3)[C@H](C)[C@@H]12.[Na+]. The molecule has 0 unspecified atom stereocenters. The molecule has 0 radical (unpaired) electrons. The van der Waals surface area contributed by atoms with Gasteiger partial charge in [0.2, 0.25) is 11.8 Å². The summed E-state index contributed by atoms with van der Waals surface area (Å²) < 4.78 is 0. The predicted molar refractivity (Wildman–Crippen MR) is 93.5 cm³/mol. The number of nitrogens with zero attached hydrogens (tertiary/aromatic N) is 2. The van der Waals surface area contributed by atoms with Gasteiger partial charge in [-0.25, -0.2) is 0 Å². The van der Waals surface area contributed by atoms with E-state index in [2.05, 4.69) is 5.32 Å². The molecule has 0 aromatic heterocycles. The Hall–Kier alpha value is -0.580. The molecule has 10 heteroatoms.